The normalized spacial score (nSPS) is 16.8. The third-order valence-corrected chi connectivity index (χ3v) is 5.13. The Labute approximate surface area is 164 Å². The predicted octanol–water partition coefficient (Wildman–Crippen LogP) is 3.80. The second-order valence-corrected chi connectivity index (χ2v) is 7.13. The lowest BCUT2D eigenvalue weighted by molar-refractivity contribution is 0.0611. The summed E-state index contributed by atoms with van der Waals surface area (Å²) in [6.45, 7) is 2.65. The summed E-state index contributed by atoms with van der Waals surface area (Å²) in [7, 11) is 0. The van der Waals surface area contributed by atoms with E-state index in [1.165, 1.54) is 0 Å². The molecule has 4 rings (SSSR count). The van der Waals surface area contributed by atoms with Crippen molar-refractivity contribution in [2.75, 3.05) is 12.3 Å². The van der Waals surface area contributed by atoms with Crippen molar-refractivity contribution < 1.29 is 4.79 Å². The third-order valence-electron chi connectivity index (χ3n) is 5.13. The molecule has 1 aliphatic heterocycles. The van der Waals surface area contributed by atoms with Crippen LogP contribution in [0, 0.1) is 6.92 Å². The number of carbonyl (C=O) groups excluding carboxylic acids is 1. The molecule has 1 aromatic carbocycles. The molecule has 0 spiro atoms. The van der Waals surface area contributed by atoms with Crippen molar-refractivity contribution in [1.29, 1.82) is 0 Å². The molecule has 1 fully saturated rings. The molecule has 1 aliphatic rings. The number of carbonyl (C=O) groups is 1. The molecule has 6 heteroatoms. The van der Waals surface area contributed by atoms with Gasteiger partial charge in [0.1, 0.15) is 0 Å². The molecule has 0 bridgehead atoms. The number of rotatable bonds is 3. The highest BCUT2D eigenvalue weighted by molar-refractivity contribution is 5.95. The van der Waals surface area contributed by atoms with Gasteiger partial charge in [-0.3, -0.25) is 9.78 Å². The number of likely N-dealkylation sites (tertiary alicyclic amines) is 1. The van der Waals surface area contributed by atoms with Crippen molar-refractivity contribution in [3.8, 4) is 11.3 Å². The Morgan fingerprint density at radius 2 is 1.96 bits per heavy atom. The van der Waals surface area contributed by atoms with Crippen LogP contribution in [0.4, 0.5) is 5.95 Å². The van der Waals surface area contributed by atoms with Crippen LogP contribution in [-0.4, -0.2) is 32.3 Å². The van der Waals surface area contributed by atoms with Gasteiger partial charge in [-0.05, 0) is 56.0 Å². The smallest absolute Gasteiger partial charge is 0.254 e. The summed E-state index contributed by atoms with van der Waals surface area (Å²) in [5.74, 6) is 0.307. The number of nitrogens with two attached hydrogens (primary N) is 1. The zero-order valence-electron chi connectivity index (χ0n) is 15.9. The summed E-state index contributed by atoms with van der Waals surface area (Å²) in [6.07, 6.45) is 6.74. The minimum Gasteiger partial charge on any atom is -0.368 e. The molecule has 0 aliphatic carbocycles. The maximum atomic E-state index is 13.2. The molecule has 2 aromatic heterocycles. The molecule has 6 nitrogen and oxygen atoms in total. The number of hydrogen-bond acceptors (Lipinski definition) is 5. The van der Waals surface area contributed by atoms with Crippen LogP contribution in [0.5, 0.6) is 0 Å². The fourth-order valence-corrected chi connectivity index (χ4v) is 3.78. The van der Waals surface area contributed by atoms with E-state index in [9.17, 15) is 4.79 Å². The van der Waals surface area contributed by atoms with E-state index in [0.717, 1.165) is 48.3 Å². The summed E-state index contributed by atoms with van der Waals surface area (Å²) < 4.78 is 0. The second kappa shape index (κ2) is 7.76. The molecule has 2 N–H and O–H groups in total. The van der Waals surface area contributed by atoms with Gasteiger partial charge in [0.25, 0.3) is 5.91 Å². The zero-order chi connectivity index (χ0) is 19.5. The van der Waals surface area contributed by atoms with Crippen LogP contribution in [-0.2, 0) is 0 Å². The number of nitrogen functional groups attached to an aromatic ring is 1. The van der Waals surface area contributed by atoms with Crippen LogP contribution < -0.4 is 5.73 Å². The Morgan fingerprint density at radius 3 is 2.68 bits per heavy atom. The first-order valence-electron chi connectivity index (χ1n) is 9.54. The number of amides is 1. The molecule has 1 saturated heterocycles. The summed E-state index contributed by atoms with van der Waals surface area (Å²) in [5.41, 5.74) is 10.0. The lowest BCUT2D eigenvalue weighted by Gasteiger charge is -2.36. The summed E-state index contributed by atoms with van der Waals surface area (Å²) >= 11 is 0. The van der Waals surface area contributed by atoms with E-state index < -0.39 is 0 Å². The highest BCUT2D eigenvalue weighted by atomic mass is 16.2. The molecule has 28 heavy (non-hydrogen) atoms. The van der Waals surface area contributed by atoms with E-state index in [1.54, 1.807) is 6.20 Å². The van der Waals surface area contributed by atoms with Crippen molar-refractivity contribution in [3.05, 3.63) is 71.7 Å². The van der Waals surface area contributed by atoms with Gasteiger partial charge in [-0.1, -0.05) is 18.2 Å². The molecule has 0 radical (unpaired) electrons. The third kappa shape index (κ3) is 3.71. The molecule has 0 saturated carbocycles. The van der Waals surface area contributed by atoms with E-state index >= 15 is 0 Å². The standard InChI is InChI=1S/C22H23N5O/c1-15-13-19(26-22(23)25-15)16-7-9-17(10-8-16)21(28)27-12-3-2-6-20(27)18-5-4-11-24-14-18/h4-5,7-11,13-14,20H,2-3,6,12H2,1H3,(H2,23,25,26)/t20-/m1/s1. The van der Waals surface area contributed by atoms with Gasteiger partial charge in [-0.2, -0.15) is 0 Å². The summed E-state index contributed by atoms with van der Waals surface area (Å²) in [5, 5.41) is 0. The number of piperidine rings is 1. The number of pyridine rings is 1. The Balaban J connectivity index is 1.58. The first kappa shape index (κ1) is 18.1. The van der Waals surface area contributed by atoms with Crippen LogP contribution in [0.15, 0.2) is 54.9 Å². The Hall–Kier alpha value is -3.28. The molecular weight excluding hydrogens is 350 g/mol. The van der Waals surface area contributed by atoms with Crippen LogP contribution >= 0.6 is 0 Å². The molecular formula is C22H23N5O. The van der Waals surface area contributed by atoms with Crippen LogP contribution in [0.25, 0.3) is 11.3 Å². The van der Waals surface area contributed by atoms with E-state index in [2.05, 4.69) is 15.0 Å². The fraction of sp³-hybridized carbons (Fsp3) is 0.273. The number of nitrogens with zero attached hydrogens (tertiary/aromatic N) is 4. The Bertz CT molecular complexity index is 952. The van der Waals surface area contributed by atoms with E-state index in [4.69, 9.17) is 5.73 Å². The van der Waals surface area contributed by atoms with Crippen LogP contribution in [0.1, 0.15) is 46.9 Å². The molecule has 142 valence electrons. The van der Waals surface area contributed by atoms with E-state index in [1.807, 2.05) is 60.5 Å². The highest BCUT2D eigenvalue weighted by Gasteiger charge is 2.28. The highest BCUT2D eigenvalue weighted by Crippen LogP contribution is 2.32. The average Bonchev–Trinajstić information content (AvgIpc) is 2.73. The monoisotopic (exact) mass is 373 g/mol. The van der Waals surface area contributed by atoms with Gasteiger partial charge in [0, 0.05) is 35.8 Å². The van der Waals surface area contributed by atoms with Gasteiger partial charge in [0.2, 0.25) is 5.95 Å². The van der Waals surface area contributed by atoms with Crippen molar-refractivity contribution in [2.45, 2.75) is 32.2 Å². The Morgan fingerprint density at radius 1 is 1.14 bits per heavy atom. The molecule has 1 atom stereocenters. The minimum absolute atomic E-state index is 0.0542. The number of aryl methyl sites for hydroxylation is 1. The van der Waals surface area contributed by atoms with Crippen molar-refractivity contribution in [1.82, 2.24) is 19.9 Å². The van der Waals surface area contributed by atoms with Gasteiger partial charge in [0.15, 0.2) is 0 Å². The van der Waals surface area contributed by atoms with Crippen molar-refractivity contribution >= 4 is 11.9 Å². The Kier molecular flexibility index (Phi) is 5.02. The number of anilines is 1. The van der Waals surface area contributed by atoms with E-state index in [-0.39, 0.29) is 17.9 Å². The fourth-order valence-electron chi connectivity index (χ4n) is 3.78. The molecule has 3 heterocycles. The van der Waals surface area contributed by atoms with Crippen molar-refractivity contribution in [2.24, 2.45) is 0 Å². The largest absolute Gasteiger partial charge is 0.368 e. The predicted molar refractivity (Wildman–Crippen MR) is 108 cm³/mol. The van der Waals surface area contributed by atoms with Gasteiger partial charge < -0.3 is 10.6 Å². The van der Waals surface area contributed by atoms with Gasteiger partial charge in [-0.25, -0.2) is 9.97 Å². The zero-order valence-corrected chi connectivity index (χ0v) is 15.9. The van der Waals surface area contributed by atoms with Gasteiger partial charge >= 0.3 is 0 Å². The maximum Gasteiger partial charge on any atom is 0.254 e. The lowest BCUT2D eigenvalue weighted by atomic mass is 9.95. The molecule has 1 amide bonds. The van der Waals surface area contributed by atoms with Crippen LogP contribution in [0.3, 0.4) is 0 Å². The first-order chi connectivity index (χ1) is 13.6. The van der Waals surface area contributed by atoms with Crippen molar-refractivity contribution in [3.63, 3.8) is 0 Å². The molecule has 3 aromatic rings. The lowest BCUT2D eigenvalue weighted by Crippen LogP contribution is -2.38. The van der Waals surface area contributed by atoms with Gasteiger partial charge in [-0.15, -0.1) is 0 Å². The number of aromatic nitrogens is 3. The quantitative estimate of drug-likeness (QED) is 0.755. The summed E-state index contributed by atoms with van der Waals surface area (Å²) in [6, 6.07) is 13.5. The number of hydrogen-bond donors (Lipinski definition) is 1. The first-order valence-corrected chi connectivity index (χ1v) is 9.54. The summed E-state index contributed by atoms with van der Waals surface area (Å²) in [4.78, 5) is 27.8. The van der Waals surface area contributed by atoms with Gasteiger partial charge in [0.05, 0.1) is 11.7 Å². The van der Waals surface area contributed by atoms with E-state index in [0.29, 0.717) is 5.56 Å². The van der Waals surface area contributed by atoms with Crippen LogP contribution in [0.2, 0.25) is 0 Å². The maximum absolute atomic E-state index is 13.2. The minimum atomic E-state index is 0.0542. The SMILES string of the molecule is Cc1cc(-c2ccc(C(=O)N3CCCC[C@@H]3c3cccnc3)cc2)nc(N)n1. The topological polar surface area (TPSA) is 85.0 Å². The average molecular weight is 373 g/mol. The second-order valence-electron chi connectivity index (χ2n) is 7.13. The molecule has 0 unspecified atom stereocenters. The number of benzene rings is 1.